The number of benzene rings is 2. The molecule has 0 aliphatic rings. The summed E-state index contributed by atoms with van der Waals surface area (Å²) in [7, 11) is 1.77. The molecule has 0 saturated carbocycles. The van der Waals surface area contributed by atoms with Gasteiger partial charge < -0.3 is 19.9 Å². The summed E-state index contributed by atoms with van der Waals surface area (Å²) in [5, 5.41) is 19.3. The fourth-order valence-corrected chi connectivity index (χ4v) is 3.68. The van der Waals surface area contributed by atoms with E-state index in [1.165, 1.54) is 4.70 Å². The van der Waals surface area contributed by atoms with Crippen LogP contribution in [0, 0.1) is 0 Å². The Balaban J connectivity index is 1.63. The van der Waals surface area contributed by atoms with Gasteiger partial charge in [0, 0.05) is 35.6 Å². The van der Waals surface area contributed by atoms with E-state index in [0.717, 1.165) is 5.39 Å². The molecule has 4 rings (SSSR count). The van der Waals surface area contributed by atoms with Crippen LogP contribution in [0.5, 0.6) is 17.2 Å². The van der Waals surface area contributed by atoms with Gasteiger partial charge in [0.15, 0.2) is 5.82 Å². The van der Waals surface area contributed by atoms with E-state index in [4.69, 9.17) is 9.47 Å². The Labute approximate surface area is 177 Å². The number of rotatable bonds is 7. The summed E-state index contributed by atoms with van der Waals surface area (Å²) in [6, 6.07) is 14.5. The summed E-state index contributed by atoms with van der Waals surface area (Å²) in [6.45, 7) is 1.60. The van der Waals surface area contributed by atoms with Crippen LogP contribution in [-0.4, -0.2) is 33.5 Å². The number of thiophene rings is 1. The number of aliphatic hydroxyl groups excluding tert-OH is 1. The molecular formula is C22H21N3O4S. The minimum atomic E-state index is -0.422. The molecule has 1 amide bonds. The molecule has 30 heavy (non-hydrogen) atoms. The molecule has 0 fully saturated rings. The van der Waals surface area contributed by atoms with Crippen LogP contribution in [-0.2, 0) is 7.05 Å². The molecule has 4 aromatic rings. The molecule has 2 N–H and O–H groups in total. The molecule has 0 radical (unpaired) electrons. The third-order valence-corrected chi connectivity index (χ3v) is 5.25. The SMILES string of the molecule is C[C@@H](CO)Oc1cc(Oc2ccc3sccc3c2)cc(C(=O)Nc2ccn(C)n2)c1. The van der Waals surface area contributed by atoms with Crippen LogP contribution in [0.3, 0.4) is 0 Å². The predicted octanol–water partition coefficient (Wildman–Crippen LogP) is 4.44. The number of hydrogen-bond donors (Lipinski definition) is 2. The van der Waals surface area contributed by atoms with E-state index in [-0.39, 0.29) is 12.5 Å². The maximum atomic E-state index is 12.8. The number of anilines is 1. The first kappa shape index (κ1) is 19.9. The second-order valence-electron chi connectivity index (χ2n) is 6.86. The number of ether oxygens (including phenoxy) is 2. The van der Waals surface area contributed by atoms with Gasteiger partial charge in [-0.2, -0.15) is 5.10 Å². The van der Waals surface area contributed by atoms with Crippen LogP contribution in [0.1, 0.15) is 17.3 Å². The zero-order chi connectivity index (χ0) is 21.1. The molecule has 154 valence electrons. The van der Waals surface area contributed by atoms with E-state index >= 15 is 0 Å². The van der Waals surface area contributed by atoms with E-state index in [2.05, 4.69) is 10.4 Å². The molecule has 1 atom stereocenters. The Bertz CT molecular complexity index is 1180. The van der Waals surface area contributed by atoms with Crippen molar-refractivity contribution in [3.8, 4) is 17.2 Å². The highest BCUT2D eigenvalue weighted by Gasteiger charge is 2.14. The normalized spacial score (nSPS) is 12.0. The lowest BCUT2D eigenvalue weighted by atomic mass is 10.1. The zero-order valence-corrected chi connectivity index (χ0v) is 17.3. The number of carbonyl (C=O) groups is 1. The molecule has 7 nitrogen and oxygen atoms in total. The van der Waals surface area contributed by atoms with Crippen molar-refractivity contribution in [3.05, 3.63) is 65.7 Å². The Morgan fingerprint density at radius 3 is 2.77 bits per heavy atom. The van der Waals surface area contributed by atoms with Crippen molar-refractivity contribution >= 4 is 33.1 Å². The van der Waals surface area contributed by atoms with E-state index in [0.29, 0.717) is 28.6 Å². The van der Waals surface area contributed by atoms with Crippen molar-refractivity contribution in [1.82, 2.24) is 9.78 Å². The van der Waals surface area contributed by atoms with Crippen LogP contribution in [0.4, 0.5) is 5.82 Å². The van der Waals surface area contributed by atoms with Gasteiger partial charge in [-0.1, -0.05) is 0 Å². The first-order chi connectivity index (χ1) is 14.5. The van der Waals surface area contributed by atoms with Gasteiger partial charge in [0.1, 0.15) is 23.4 Å². The lowest BCUT2D eigenvalue weighted by Crippen LogP contribution is -2.17. The first-order valence-electron chi connectivity index (χ1n) is 9.39. The highest BCUT2D eigenvalue weighted by molar-refractivity contribution is 7.17. The summed E-state index contributed by atoms with van der Waals surface area (Å²) in [5.41, 5.74) is 0.356. The summed E-state index contributed by atoms with van der Waals surface area (Å²) in [5.74, 6) is 1.65. The van der Waals surface area contributed by atoms with E-state index in [1.54, 1.807) is 60.5 Å². The Morgan fingerprint density at radius 1 is 1.17 bits per heavy atom. The summed E-state index contributed by atoms with van der Waals surface area (Å²) in [6.07, 6.45) is 1.32. The molecule has 0 aliphatic heterocycles. The summed E-state index contributed by atoms with van der Waals surface area (Å²) in [4.78, 5) is 12.8. The van der Waals surface area contributed by atoms with Crippen molar-refractivity contribution in [3.63, 3.8) is 0 Å². The number of nitrogens with one attached hydrogen (secondary N) is 1. The largest absolute Gasteiger partial charge is 0.488 e. The standard InChI is InChI=1S/C22H21N3O4S/c1-14(13-26)28-18-10-16(22(27)23-21-5-7-25(2)24-21)11-19(12-18)29-17-3-4-20-15(9-17)6-8-30-20/h3-12,14,26H,13H2,1-2H3,(H,23,24,27)/t14-/m0/s1. The van der Waals surface area contributed by atoms with E-state index < -0.39 is 6.10 Å². The van der Waals surface area contributed by atoms with Crippen LogP contribution in [0.2, 0.25) is 0 Å². The van der Waals surface area contributed by atoms with Crippen molar-refractivity contribution < 1.29 is 19.4 Å². The summed E-state index contributed by atoms with van der Waals surface area (Å²) >= 11 is 1.66. The quantitative estimate of drug-likeness (QED) is 0.459. The van der Waals surface area contributed by atoms with Crippen LogP contribution in [0.25, 0.3) is 10.1 Å². The van der Waals surface area contributed by atoms with Gasteiger partial charge in [0.25, 0.3) is 5.91 Å². The van der Waals surface area contributed by atoms with E-state index in [9.17, 15) is 9.90 Å². The topological polar surface area (TPSA) is 85.6 Å². The zero-order valence-electron chi connectivity index (χ0n) is 16.5. The average Bonchev–Trinajstić information content (AvgIpc) is 3.35. The molecule has 0 unspecified atom stereocenters. The minimum absolute atomic E-state index is 0.143. The molecule has 0 saturated heterocycles. The smallest absolute Gasteiger partial charge is 0.257 e. The van der Waals surface area contributed by atoms with Gasteiger partial charge in [-0.15, -0.1) is 11.3 Å². The second-order valence-corrected chi connectivity index (χ2v) is 7.80. The van der Waals surface area contributed by atoms with Crippen molar-refractivity contribution in [2.24, 2.45) is 7.05 Å². The maximum absolute atomic E-state index is 12.8. The van der Waals surface area contributed by atoms with E-state index in [1.807, 2.05) is 29.6 Å². The molecule has 8 heteroatoms. The van der Waals surface area contributed by atoms with Crippen LogP contribution in [0.15, 0.2) is 60.1 Å². The number of nitrogens with zero attached hydrogens (tertiary/aromatic N) is 2. The second kappa shape index (κ2) is 8.56. The van der Waals surface area contributed by atoms with Crippen molar-refractivity contribution in [2.75, 3.05) is 11.9 Å². The van der Waals surface area contributed by atoms with Gasteiger partial charge in [-0.25, -0.2) is 0 Å². The molecule has 2 heterocycles. The molecular weight excluding hydrogens is 402 g/mol. The fourth-order valence-electron chi connectivity index (χ4n) is 2.91. The van der Waals surface area contributed by atoms with Gasteiger partial charge in [-0.3, -0.25) is 9.48 Å². The molecule has 2 aromatic carbocycles. The highest BCUT2D eigenvalue weighted by Crippen LogP contribution is 2.31. The monoisotopic (exact) mass is 423 g/mol. The van der Waals surface area contributed by atoms with Gasteiger partial charge >= 0.3 is 0 Å². The Hall–Kier alpha value is -3.36. The number of fused-ring (bicyclic) bond motifs is 1. The third-order valence-electron chi connectivity index (χ3n) is 4.35. The number of carbonyl (C=O) groups excluding carboxylic acids is 1. The highest BCUT2D eigenvalue weighted by atomic mass is 32.1. The lowest BCUT2D eigenvalue weighted by Gasteiger charge is -2.15. The Morgan fingerprint density at radius 2 is 2.00 bits per heavy atom. The number of aromatic nitrogens is 2. The summed E-state index contributed by atoms with van der Waals surface area (Å²) < 4.78 is 14.5. The fraction of sp³-hybridized carbons (Fsp3) is 0.182. The third kappa shape index (κ3) is 4.61. The van der Waals surface area contributed by atoms with Gasteiger partial charge in [-0.05, 0) is 54.1 Å². The number of aryl methyl sites for hydroxylation is 1. The molecule has 0 spiro atoms. The lowest BCUT2D eigenvalue weighted by molar-refractivity contribution is 0.102. The predicted molar refractivity (Wildman–Crippen MR) is 117 cm³/mol. The van der Waals surface area contributed by atoms with Gasteiger partial charge in [0.05, 0.1) is 6.61 Å². The number of hydrogen-bond acceptors (Lipinski definition) is 6. The van der Waals surface area contributed by atoms with Gasteiger partial charge in [0.2, 0.25) is 0 Å². The van der Waals surface area contributed by atoms with Crippen molar-refractivity contribution in [2.45, 2.75) is 13.0 Å². The average molecular weight is 423 g/mol. The number of amides is 1. The maximum Gasteiger partial charge on any atom is 0.257 e. The molecule has 2 aromatic heterocycles. The van der Waals surface area contributed by atoms with Crippen molar-refractivity contribution in [1.29, 1.82) is 0 Å². The first-order valence-corrected chi connectivity index (χ1v) is 10.3. The van der Waals surface area contributed by atoms with Crippen LogP contribution >= 0.6 is 11.3 Å². The van der Waals surface area contributed by atoms with Crippen LogP contribution < -0.4 is 14.8 Å². The minimum Gasteiger partial charge on any atom is -0.488 e. The molecule has 0 aliphatic carbocycles. The molecule has 0 bridgehead atoms. The Kier molecular flexibility index (Phi) is 5.69. The number of aliphatic hydroxyl groups is 1.